The lowest BCUT2D eigenvalue weighted by atomic mass is 9.71. The quantitative estimate of drug-likeness (QED) is 0.525. The normalized spacial score (nSPS) is 34.6. The first kappa shape index (κ1) is 9.30. The fraction of sp³-hybridized carbons (Fsp3) is 0.846. The second-order valence-corrected chi connectivity index (χ2v) is 4.84. The lowest BCUT2D eigenvalue weighted by Gasteiger charge is -2.35. The summed E-state index contributed by atoms with van der Waals surface area (Å²) in [7, 11) is 0. The summed E-state index contributed by atoms with van der Waals surface area (Å²) in [6.45, 7) is 4.80. The Labute approximate surface area is 82.4 Å². The highest BCUT2D eigenvalue weighted by Gasteiger charge is 2.27. The second-order valence-electron chi connectivity index (χ2n) is 4.84. The van der Waals surface area contributed by atoms with E-state index in [0.29, 0.717) is 0 Å². The van der Waals surface area contributed by atoms with Crippen LogP contribution in [0.2, 0.25) is 0 Å². The van der Waals surface area contributed by atoms with Gasteiger partial charge in [-0.3, -0.25) is 0 Å². The molecule has 0 bridgehead atoms. The van der Waals surface area contributed by atoms with Crippen molar-refractivity contribution in [1.29, 1.82) is 0 Å². The molecule has 2 unspecified atom stereocenters. The minimum absolute atomic E-state index is 0.915. The van der Waals surface area contributed by atoms with Crippen molar-refractivity contribution in [2.24, 2.45) is 11.8 Å². The van der Waals surface area contributed by atoms with Crippen LogP contribution in [0.1, 0.15) is 58.8 Å². The molecule has 0 saturated carbocycles. The van der Waals surface area contributed by atoms with E-state index in [1.807, 2.05) is 11.1 Å². The maximum absolute atomic E-state index is 2.44. The average molecular weight is 178 g/mol. The third-order valence-electron chi connectivity index (χ3n) is 4.08. The van der Waals surface area contributed by atoms with Crippen molar-refractivity contribution in [3.05, 3.63) is 11.1 Å². The minimum atomic E-state index is 0.915. The van der Waals surface area contributed by atoms with Crippen molar-refractivity contribution >= 4 is 0 Å². The fourth-order valence-corrected chi connectivity index (χ4v) is 3.23. The van der Waals surface area contributed by atoms with Gasteiger partial charge in [-0.15, -0.1) is 0 Å². The predicted octanol–water partition coefficient (Wildman–Crippen LogP) is 4.31. The van der Waals surface area contributed by atoms with Crippen LogP contribution in [0.15, 0.2) is 11.1 Å². The van der Waals surface area contributed by atoms with Gasteiger partial charge in [0.05, 0.1) is 0 Å². The standard InChI is InChI=1S/C13H22/c1-3-11-9-8-10(2)12-6-4-5-7-13(11)12/h10-11H,3-9H2,1-2H3. The summed E-state index contributed by atoms with van der Waals surface area (Å²) in [6, 6.07) is 0. The topological polar surface area (TPSA) is 0 Å². The number of hydrogen-bond donors (Lipinski definition) is 0. The van der Waals surface area contributed by atoms with E-state index < -0.39 is 0 Å². The van der Waals surface area contributed by atoms with E-state index >= 15 is 0 Å². The van der Waals surface area contributed by atoms with Crippen LogP contribution >= 0.6 is 0 Å². The molecule has 0 radical (unpaired) electrons. The molecule has 2 aliphatic rings. The van der Waals surface area contributed by atoms with Gasteiger partial charge in [-0.2, -0.15) is 0 Å². The zero-order valence-electron chi connectivity index (χ0n) is 9.10. The van der Waals surface area contributed by atoms with Crippen LogP contribution in [0.5, 0.6) is 0 Å². The lowest BCUT2D eigenvalue weighted by molar-refractivity contribution is 0.381. The van der Waals surface area contributed by atoms with Crippen molar-refractivity contribution in [2.45, 2.75) is 58.8 Å². The maximum atomic E-state index is 2.44. The molecular formula is C13H22. The van der Waals surface area contributed by atoms with Crippen LogP contribution in [-0.2, 0) is 0 Å². The Morgan fingerprint density at radius 3 is 2.46 bits per heavy atom. The molecule has 0 aliphatic heterocycles. The van der Waals surface area contributed by atoms with E-state index in [1.54, 1.807) is 0 Å². The van der Waals surface area contributed by atoms with Gasteiger partial charge in [0.2, 0.25) is 0 Å². The van der Waals surface area contributed by atoms with E-state index in [4.69, 9.17) is 0 Å². The van der Waals surface area contributed by atoms with Gasteiger partial charge in [-0.25, -0.2) is 0 Å². The first-order valence-electron chi connectivity index (χ1n) is 6.04. The maximum Gasteiger partial charge on any atom is -0.0203 e. The molecule has 0 N–H and O–H groups in total. The second kappa shape index (κ2) is 3.86. The van der Waals surface area contributed by atoms with Gasteiger partial charge >= 0.3 is 0 Å². The number of allylic oxidation sites excluding steroid dienone is 2. The molecule has 0 nitrogen and oxygen atoms in total. The summed E-state index contributed by atoms with van der Waals surface area (Å²) in [6.07, 6.45) is 10.1. The highest BCUT2D eigenvalue weighted by Crippen LogP contribution is 2.42. The van der Waals surface area contributed by atoms with Gasteiger partial charge in [0, 0.05) is 0 Å². The third-order valence-corrected chi connectivity index (χ3v) is 4.08. The summed E-state index contributed by atoms with van der Waals surface area (Å²) in [4.78, 5) is 0. The van der Waals surface area contributed by atoms with Gasteiger partial charge in [0.25, 0.3) is 0 Å². The molecule has 13 heavy (non-hydrogen) atoms. The van der Waals surface area contributed by atoms with Crippen LogP contribution in [0, 0.1) is 11.8 Å². The molecule has 0 aromatic carbocycles. The first-order valence-corrected chi connectivity index (χ1v) is 6.04. The molecule has 2 atom stereocenters. The van der Waals surface area contributed by atoms with E-state index in [9.17, 15) is 0 Å². The molecule has 0 saturated heterocycles. The highest BCUT2D eigenvalue weighted by atomic mass is 14.3. The van der Waals surface area contributed by atoms with Crippen LogP contribution in [0.3, 0.4) is 0 Å². The molecule has 74 valence electrons. The van der Waals surface area contributed by atoms with Crippen molar-refractivity contribution in [1.82, 2.24) is 0 Å². The van der Waals surface area contributed by atoms with Crippen LogP contribution in [0.4, 0.5) is 0 Å². The zero-order chi connectivity index (χ0) is 9.26. The smallest absolute Gasteiger partial charge is 0.0203 e. The molecule has 0 fully saturated rings. The third kappa shape index (κ3) is 1.68. The van der Waals surface area contributed by atoms with Crippen molar-refractivity contribution in [2.75, 3.05) is 0 Å². The predicted molar refractivity (Wildman–Crippen MR) is 57.7 cm³/mol. The number of hydrogen-bond acceptors (Lipinski definition) is 0. The van der Waals surface area contributed by atoms with E-state index in [2.05, 4.69) is 13.8 Å². The molecule has 0 amide bonds. The molecule has 0 aromatic rings. The molecular weight excluding hydrogens is 156 g/mol. The van der Waals surface area contributed by atoms with Crippen molar-refractivity contribution in [3.8, 4) is 0 Å². The van der Waals surface area contributed by atoms with Gasteiger partial charge < -0.3 is 0 Å². The molecule has 0 heteroatoms. The minimum Gasteiger partial charge on any atom is -0.0679 e. The Morgan fingerprint density at radius 2 is 1.77 bits per heavy atom. The Bertz CT molecular complexity index is 212. The number of rotatable bonds is 1. The van der Waals surface area contributed by atoms with Crippen LogP contribution in [-0.4, -0.2) is 0 Å². The molecule has 0 heterocycles. The molecule has 0 spiro atoms. The Hall–Kier alpha value is -0.260. The van der Waals surface area contributed by atoms with E-state index in [-0.39, 0.29) is 0 Å². The zero-order valence-corrected chi connectivity index (χ0v) is 9.10. The van der Waals surface area contributed by atoms with Gasteiger partial charge in [0.15, 0.2) is 0 Å². The summed E-state index contributed by atoms with van der Waals surface area (Å²) in [5, 5.41) is 0. The SMILES string of the molecule is CCC1CCC(C)C2=C1CCCC2. The van der Waals surface area contributed by atoms with Crippen LogP contribution < -0.4 is 0 Å². The van der Waals surface area contributed by atoms with E-state index in [0.717, 1.165) is 11.8 Å². The molecule has 2 aliphatic carbocycles. The monoisotopic (exact) mass is 178 g/mol. The van der Waals surface area contributed by atoms with E-state index in [1.165, 1.54) is 44.9 Å². The summed E-state index contributed by atoms with van der Waals surface area (Å²) in [5.74, 6) is 1.88. The summed E-state index contributed by atoms with van der Waals surface area (Å²) in [5.41, 5.74) is 3.75. The Morgan fingerprint density at radius 1 is 1.08 bits per heavy atom. The largest absolute Gasteiger partial charge is 0.0679 e. The van der Waals surface area contributed by atoms with Gasteiger partial charge in [-0.1, -0.05) is 25.0 Å². The summed E-state index contributed by atoms with van der Waals surface area (Å²) >= 11 is 0. The molecule has 0 aromatic heterocycles. The Balaban J connectivity index is 2.24. The van der Waals surface area contributed by atoms with Gasteiger partial charge in [-0.05, 0) is 56.8 Å². The van der Waals surface area contributed by atoms with Crippen molar-refractivity contribution in [3.63, 3.8) is 0 Å². The van der Waals surface area contributed by atoms with Crippen LogP contribution in [0.25, 0.3) is 0 Å². The summed E-state index contributed by atoms with van der Waals surface area (Å²) < 4.78 is 0. The lowest BCUT2D eigenvalue weighted by Crippen LogP contribution is -2.20. The Kier molecular flexibility index (Phi) is 2.76. The fourth-order valence-electron chi connectivity index (χ4n) is 3.23. The highest BCUT2D eigenvalue weighted by molar-refractivity contribution is 5.24. The molecule has 2 rings (SSSR count). The van der Waals surface area contributed by atoms with Gasteiger partial charge in [0.1, 0.15) is 0 Å². The van der Waals surface area contributed by atoms with Crippen molar-refractivity contribution < 1.29 is 0 Å². The average Bonchev–Trinajstić information content (AvgIpc) is 2.19. The first-order chi connectivity index (χ1) is 6.33.